The van der Waals surface area contributed by atoms with Crippen LogP contribution in [-0.4, -0.2) is 10.9 Å². The number of aryl methyl sites for hydroxylation is 1. The second kappa shape index (κ2) is 5.74. The molecule has 0 fully saturated rings. The molecule has 0 aliphatic rings. The predicted octanol–water partition coefficient (Wildman–Crippen LogP) is 3.35. The molecule has 0 saturated heterocycles. The highest BCUT2D eigenvalue weighted by molar-refractivity contribution is 6.05. The predicted molar refractivity (Wildman–Crippen MR) is 81.9 cm³/mol. The van der Waals surface area contributed by atoms with Crippen LogP contribution in [0, 0.1) is 6.92 Å². The molecule has 1 aromatic heterocycles. The second-order valence-corrected chi connectivity index (χ2v) is 5.14. The summed E-state index contributed by atoms with van der Waals surface area (Å²) in [7, 11) is 0. The summed E-state index contributed by atoms with van der Waals surface area (Å²) in [4.78, 5) is 16.4. The molecule has 0 aliphatic carbocycles. The smallest absolute Gasteiger partial charge is 0.257 e. The van der Waals surface area contributed by atoms with Crippen molar-refractivity contribution in [1.82, 2.24) is 4.98 Å². The number of hydrogen-bond acceptors (Lipinski definition) is 3. The summed E-state index contributed by atoms with van der Waals surface area (Å²) >= 11 is 0. The summed E-state index contributed by atoms with van der Waals surface area (Å²) in [5.41, 5.74) is 9.29. The van der Waals surface area contributed by atoms with Gasteiger partial charge >= 0.3 is 0 Å². The van der Waals surface area contributed by atoms with E-state index in [0.29, 0.717) is 22.9 Å². The number of amides is 1. The minimum atomic E-state index is -0.191. The number of benzene rings is 1. The molecule has 1 aromatic carbocycles. The maximum Gasteiger partial charge on any atom is 0.257 e. The lowest BCUT2D eigenvalue weighted by molar-refractivity contribution is 0.102. The number of nitrogens with two attached hydrogens (primary N) is 1. The van der Waals surface area contributed by atoms with Gasteiger partial charge in [-0.3, -0.25) is 9.78 Å². The lowest BCUT2D eigenvalue weighted by Gasteiger charge is -2.10. The molecule has 0 radical (unpaired) electrons. The first kappa shape index (κ1) is 14.1. The van der Waals surface area contributed by atoms with E-state index in [4.69, 9.17) is 5.73 Å². The zero-order chi connectivity index (χ0) is 14.7. The first-order valence-electron chi connectivity index (χ1n) is 6.61. The average molecular weight is 269 g/mol. The van der Waals surface area contributed by atoms with Gasteiger partial charge in [-0.25, -0.2) is 0 Å². The number of carbonyl (C=O) groups excluding carboxylic acids is 1. The van der Waals surface area contributed by atoms with Gasteiger partial charge in [-0.05, 0) is 36.6 Å². The summed E-state index contributed by atoms with van der Waals surface area (Å²) in [6.07, 6.45) is 1.55. The molecule has 2 rings (SSSR count). The number of nitrogens with one attached hydrogen (secondary N) is 1. The lowest BCUT2D eigenvalue weighted by atomic mass is 10.0. The van der Waals surface area contributed by atoms with Gasteiger partial charge in [0.25, 0.3) is 5.91 Å². The number of anilines is 2. The number of nitrogens with zero attached hydrogens (tertiary/aromatic N) is 1. The Kier molecular flexibility index (Phi) is 4.03. The van der Waals surface area contributed by atoms with Crippen LogP contribution in [0.3, 0.4) is 0 Å². The molecule has 2 aromatic rings. The lowest BCUT2D eigenvalue weighted by Crippen LogP contribution is -2.14. The summed E-state index contributed by atoms with van der Waals surface area (Å²) < 4.78 is 0. The van der Waals surface area contributed by atoms with Crippen LogP contribution >= 0.6 is 0 Å². The Hall–Kier alpha value is -2.36. The Morgan fingerprint density at radius 1 is 1.30 bits per heavy atom. The Bertz CT molecular complexity index is 635. The molecule has 20 heavy (non-hydrogen) atoms. The van der Waals surface area contributed by atoms with Crippen LogP contribution in [-0.2, 0) is 0 Å². The first-order chi connectivity index (χ1) is 9.47. The zero-order valence-corrected chi connectivity index (χ0v) is 12.0. The van der Waals surface area contributed by atoms with Crippen LogP contribution in [0.1, 0.15) is 41.4 Å². The van der Waals surface area contributed by atoms with E-state index in [9.17, 15) is 4.79 Å². The van der Waals surface area contributed by atoms with Gasteiger partial charge in [-0.1, -0.05) is 26.0 Å². The SMILES string of the molecule is Cc1ncc(N)cc1C(=O)Nc1cccc(C(C)C)c1. The van der Waals surface area contributed by atoms with Gasteiger partial charge in [0.2, 0.25) is 0 Å². The van der Waals surface area contributed by atoms with Crippen LogP contribution in [0.25, 0.3) is 0 Å². The fourth-order valence-electron chi connectivity index (χ4n) is 1.95. The zero-order valence-electron chi connectivity index (χ0n) is 12.0. The van der Waals surface area contributed by atoms with Crippen molar-refractivity contribution in [2.45, 2.75) is 26.7 Å². The fraction of sp³-hybridized carbons (Fsp3) is 0.250. The van der Waals surface area contributed by atoms with Gasteiger partial charge < -0.3 is 11.1 Å². The quantitative estimate of drug-likeness (QED) is 0.897. The molecule has 0 saturated carbocycles. The van der Waals surface area contributed by atoms with Crippen molar-refractivity contribution in [3.63, 3.8) is 0 Å². The van der Waals surface area contributed by atoms with Gasteiger partial charge in [0.15, 0.2) is 0 Å². The van der Waals surface area contributed by atoms with Crippen molar-refractivity contribution >= 4 is 17.3 Å². The van der Waals surface area contributed by atoms with Crippen molar-refractivity contribution in [3.05, 3.63) is 53.3 Å². The third-order valence-electron chi connectivity index (χ3n) is 3.16. The maximum absolute atomic E-state index is 12.3. The highest BCUT2D eigenvalue weighted by Gasteiger charge is 2.11. The van der Waals surface area contributed by atoms with E-state index in [1.165, 1.54) is 5.56 Å². The molecular weight excluding hydrogens is 250 g/mol. The van der Waals surface area contributed by atoms with E-state index in [-0.39, 0.29) is 5.91 Å². The number of rotatable bonds is 3. The van der Waals surface area contributed by atoms with Crippen molar-refractivity contribution in [2.75, 3.05) is 11.1 Å². The topological polar surface area (TPSA) is 68.0 Å². The van der Waals surface area contributed by atoms with Crippen molar-refractivity contribution in [1.29, 1.82) is 0 Å². The van der Waals surface area contributed by atoms with Crippen LogP contribution in [0.15, 0.2) is 36.5 Å². The largest absolute Gasteiger partial charge is 0.397 e. The monoisotopic (exact) mass is 269 g/mol. The van der Waals surface area contributed by atoms with Gasteiger partial charge in [-0.2, -0.15) is 0 Å². The summed E-state index contributed by atoms with van der Waals surface area (Å²) in [6, 6.07) is 9.49. The van der Waals surface area contributed by atoms with Crippen LogP contribution in [0.4, 0.5) is 11.4 Å². The number of carbonyl (C=O) groups is 1. The standard InChI is InChI=1S/C16H19N3O/c1-10(2)12-5-4-6-14(7-12)19-16(20)15-8-13(17)9-18-11(15)3/h4-10H,17H2,1-3H3,(H,19,20). The molecule has 0 spiro atoms. The van der Waals surface area contributed by atoms with Gasteiger partial charge in [0, 0.05) is 5.69 Å². The molecule has 0 aliphatic heterocycles. The van der Waals surface area contributed by atoms with Gasteiger partial charge in [-0.15, -0.1) is 0 Å². The third kappa shape index (κ3) is 3.15. The van der Waals surface area contributed by atoms with Crippen molar-refractivity contribution in [3.8, 4) is 0 Å². The molecule has 0 atom stereocenters. The molecule has 1 heterocycles. The summed E-state index contributed by atoms with van der Waals surface area (Å²) in [6.45, 7) is 6.03. The van der Waals surface area contributed by atoms with Gasteiger partial charge in [0.05, 0.1) is 23.1 Å². The maximum atomic E-state index is 12.3. The highest BCUT2D eigenvalue weighted by atomic mass is 16.1. The number of aromatic nitrogens is 1. The van der Waals surface area contributed by atoms with Crippen LogP contribution < -0.4 is 11.1 Å². The number of hydrogen-bond donors (Lipinski definition) is 2. The van der Waals surface area contributed by atoms with Crippen LogP contribution in [0.2, 0.25) is 0 Å². The Morgan fingerprint density at radius 2 is 2.05 bits per heavy atom. The molecular formula is C16H19N3O. The molecule has 104 valence electrons. The van der Waals surface area contributed by atoms with E-state index in [2.05, 4.69) is 24.1 Å². The van der Waals surface area contributed by atoms with Gasteiger partial charge in [0.1, 0.15) is 0 Å². The minimum absolute atomic E-state index is 0.191. The molecule has 3 N–H and O–H groups in total. The van der Waals surface area contributed by atoms with E-state index in [1.54, 1.807) is 19.2 Å². The van der Waals surface area contributed by atoms with Crippen LogP contribution in [0.5, 0.6) is 0 Å². The molecule has 4 heteroatoms. The Morgan fingerprint density at radius 3 is 2.75 bits per heavy atom. The Labute approximate surface area is 119 Å². The second-order valence-electron chi connectivity index (χ2n) is 5.14. The molecule has 0 bridgehead atoms. The average Bonchev–Trinajstić information content (AvgIpc) is 2.41. The number of nitrogen functional groups attached to an aromatic ring is 1. The van der Waals surface area contributed by atoms with E-state index in [0.717, 1.165) is 5.69 Å². The van der Waals surface area contributed by atoms with E-state index >= 15 is 0 Å². The molecule has 1 amide bonds. The minimum Gasteiger partial charge on any atom is -0.397 e. The van der Waals surface area contributed by atoms with Crippen molar-refractivity contribution in [2.24, 2.45) is 0 Å². The molecule has 4 nitrogen and oxygen atoms in total. The Balaban J connectivity index is 2.23. The van der Waals surface area contributed by atoms with Crippen molar-refractivity contribution < 1.29 is 4.79 Å². The summed E-state index contributed by atoms with van der Waals surface area (Å²) in [5.74, 6) is 0.228. The molecule has 0 unspecified atom stereocenters. The third-order valence-corrected chi connectivity index (χ3v) is 3.16. The highest BCUT2D eigenvalue weighted by Crippen LogP contribution is 2.19. The normalized spacial score (nSPS) is 10.6. The number of pyridine rings is 1. The first-order valence-corrected chi connectivity index (χ1v) is 6.61. The van der Waals surface area contributed by atoms with E-state index < -0.39 is 0 Å². The summed E-state index contributed by atoms with van der Waals surface area (Å²) in [5, 5.41) is 2.89. The van der Waals surface area contributed by atoms with E-state index in [1.807, 2.05) is 24.3 Å². The fourth-order valence-corrected chi connectivity index (χ4v) is 1.95.